The molecular weight excluding hydrogens is 776 g/mol. The van der Waals surface area contributed by atoms with Crippen molar-refractivity contribution >= 4 is 40.0 Å². The number of allylic oxidation sites excluding steroid dienone is 2. The number of nitrogens with one attached hydrogen (secondary N) is 1. The van der Waals surface area contributed by atoms with Crippen molar-refractivity contribution in [1.29, 1.82) is 0 Å². The number of nitrogens with zero attached hydrogens (tertiary/aromatic N) is 1. The van der Waals surface area contributed by atoms with E-state index >= 15 is 0 Å². The number of aromatic hydroxyl groups is 2. The van der Waals surface area contributed by atoms with E-state index in [1.165, 1.54) is 59.3 Å². The first-order chi connectivity index (χ1) is 28.2. The van der Waals surface area contributed by atoms with Gasteiger partial charge in [0.2, 0.25) is 0 Å². The summed E-state index contributed by atoms with van der Waals surface area (Å²) in [5, 5.41) is 48.6. The third-order valence-electron chi connectivity index (χ3n) is 12.3. The minimum Gasteiger partial charge on any atom is -0.507 e. The van der Waals surface area contributed by atoms with Gasteiger partial charge in [0.15, 0.2) is 12.4 Å². The van der Waals surface area contributed by atoms with Gasteiger partial charge in [0.1, 0.15) is 23.4 Å². The van der Waals surface area contributed by atoms with Crippen molar-refractivity contribution < 1.29 is 63.3 Å². The zero-order valence-corrected chi connectivity index (χ0v) is 36.1. The zero-order valence-electron chi connectivity index (χ0n) is 36.1. The maximum Gasteiger partial charge on any atom is 0.312 e. The van der Waals surface area contributed by atoms with Gasteiger partial charge in [0.25, 0.3) is 17.6 Å². The third kappa shape index (κ3) is 9.27. The molecule has 5 bridgehead atoms. The highest BCUT2D eigenvalue weighted by Gasteiger charge is 2.50. The minimum absolute atomic E-state index is 0.0469. The van der Waals surface area contributed by atoms with Gasteiger partial charge in [-0.25, -0.2) is 0 Å². The van der Waals surface area contributed by atoms with E-state index in [2.05, 4.69) is 12.2 Å². The van der Waals surface area contributed by atoms with Crippen LogP contribution in [0.25, 0.3) is 10.8 Å². The average Bonchev–Trinajstić information content (AvgIpc) is 3.48. The van der Waals surface area contributed by atoms with E-state index in [1.807, 2.05) is 0 Å². The zero-order chi connectivity index (χ0) is 44.4. The first-order valence-corrected chi connectivity index (χ1v) is 20.5. The van der Waals surface area contributed by atoms with Gasteiger partial charge in [-0.2, -0.15) is 0 Å². The van der Waals surface area contributed by atoms with Crippen molar-refractivity contribution in [2.75, 3.05) is 32.1 Å². The second-order valence-corrected chi connectivity index (χ2v) is 16.8. The number of hydrogen-bond acceptors (Lipinski definition) is 13. The number of methoxy groups -OCH3 is 1. The van der Waals surface area contributed by atoms with Gasteiger partial charge < -0.3 is 54.3 Å². The lowest BCUT2D eigenvalue weighted by atomic mass is 9.78. The van der Waals surface area contributed by atoms with Gasteiger partial charge in [-0.05, 0) is 38.7 Å². The summed E-state index contributed by atoms with van der Waals surface area (Å²) in [7, 11) is 1.44. The Bertz CT molecular complexity index is 2070. The fourth-order valence-electron chi connectivity index (χ4n) is 8.24. The van der Waals surface area contributed by atoms with Crippen LogP contribution in [0.5, 0.6) is 23.0 Å². The van der Waals surface area contributed by atoms with Gasteiger partial charge in [-0.15, -0.1) is 0 Å². The Morgan fingerprint density at radius 3 is 2.25 bits per heavy atom. The third-order valence-corrected chi connectivity index (χ3v) is 12.3. The number of ether oxygens (including phenoxy) is 5. The van der Waals surface area contributed by atoms with E-state index < -0.39 is 89.6 Å². The molecule has 2 aromatic carbocycles. The molecule has 1 saturated heterocycles. The van der Waals surface area contributed by atoms with Gasteiger partial charge in [-0.1, -0.05) is 52.8 Å². The lowest BCUT2D eigenvalue weighted by Gasteiger charge is -2.38. The van der Waals surface area contributed by atoms with Crippen molar-refractivity contribution in [3.8, 4) is 23.0 Å². The summed E-state index contributed by atoms with van der Waals surface area (Å²) in [6.45, 7) is 15.4. The van der Waals surface area contributed by atoms with Crippen LogP contribution in [-0.4, -0.2) is 106 Å². The van der Waals surface area contributed by atoms with Crippen molar-refractivity contribution in [2.24, 2.45) is 29.6 Å². The first kappa shape index (κ1) is 46.0. The highest BCUT2D eigenvalue weighted by atomic mass is 16.7. The van der Waals surface area contributed by atoms with Gasteiger partial charge in [0.05, 0.1) is 41.2 Å². The minimum atomic E-state index is -2.02. The number of hydrogen-bond donors (Lipinski definition) is 5. The average molecular weight is 837 g/mol. The molecule has 2 amide bonds. The predicted molar refractivity (Wildman–Crippen MR) is 223 cm³/mol. The van der Waals surface area contributed by atoms with Crippen molar-refractivity contribution in [2.45, 2.75) is 105 Å². The second kappa shape index (κ2) is 18.7. The Kier molecular flexibility index (Phi) is 14.3. The molecule has 4 heterocycles. The van der Waals surface area contributed by atoms with Gasteiger partial charge in [-0.3, -0.25) is 19.2 Å². The quantitative estimate of drug-likeness (QED) is 0.181. The van der Waals surface area contributed by atoms with Crippen LogP contribution >= 0.6 is 0 Å². The van der Waals surface area contributed by atoms with Crippen molar-refractivity contribution in [1.82, 2.24) is 4.90 Å². The molecule has 0 saturated carbocycles. The molecule has 6 rings (SSSR count). The maximum atomic E-state index is 14.5. The molecule has 60 heavy (non-hydrogen) atoms. The normalized spacial score (nSPS) is 31.5. The van der Waals surface area contributed by atoms with E-state index in [4.69, 9.17) is 23.7 Å². The molecule has 9 atom stereocenters. The van der Waals surface area contributed by atoms with E-state index in [9.17, 15) is 39.6 Å². The number of phenolic OH excluding ortho intramolecular Hbond substituents is 2. The summed E-state index contributed by atoms with van der Waals surface area (Å²) in [6.07, 6.45) is 5.32. The number of likely N-dealkylation sites (tertiary alicyclic amines) is 1. The summed E-state index contributed by atoms with van der Waals surface area (Å²) in [5.41, 5.74) is 0.0331. The summed E-state index contributed by atoms with van der Waals surface area (Å²) >= 11 is 0. The van der Waals surface area contributed by atoms with Gasteiger partial charge in [0, 0.05) is 80.3 Å². The number of fused-ring (bicyclic) bond motifs is 14. The highest BCUT2D eigenvalue weighted by molar-refractivity contribution is 6.21. The molecule has 0 aliphatic carbocycles. The Hall–Kier alpha value is -5.12. The maximum absolute atomic E-state index is 14.5. The Morgan fingerprint density at radius 2 is 1.62 bits per heavy atom. The number of rotatable bonds is 5. The van der Waals surface area contributed by atoms with E-state index in [-0.39, 0.29) is 50.6 Å². The number of aliphatic hydroxyl groups is 2. The van der Waals surface area contributed by atoms with Crippen LogP contribution in [0, 0.1) is 36.5 Å². The number of aliphatic hydroxyl groups excluding tert-OH is 2. The number of esters is 1. The molecule has 15 heteroatoms. The lowest BCUT2D eigenvalue weighted by Crippen LogP contribution is -2.46. The fraction of sp³-hybridized carbons (Fsp3) is 0.556. The van der Waals surface area contributed by atoms with Crippen LogP contribution < -0.4 is 14.8 Å². The Balaban J connectivity index is 1.65. The summed E-state index contributed by atoms with van der Waals surface area (Å²) in [4.78, 5) is 55.5. The van der Waals surface area contributed by atoms with Crippen LogP contribution in [0.4, 0.5) is 5.69 Å². The molecule has 5 N–H and O–H groups in total. The van der Waals surface area contributed by atoms with E-state index in [1.54, 1.807) is 44.7 Å². The standard InChI is InChI=1S/C45H60N2O13/c1-22-14-17-47(18-15-22)33(49)21-57-32-20-30-40(53)35-34(32)36-42(28(7)39(35)52)60-45(9,43(36)54)58-19-16-31(56-10)25(4)41(59-29(8)48)27(6)38(51)26(5)37(50)23(2)12-11-13-24(3)44(55)46-30/h11-13,16,19-20,22-23,25-27,31,37-38,41,50-53H,14-15,17-18,21H2,1-10H3,(H,46,55)/b12-11+,19-16+,24-13-. The lowest BCUT2D eigenvalue weighted by molar-refractivity contribution is -0.160. The number of carbonyl (C=O) groups is 4. The molecule has 2 aromatic rings. The topological polar surface area (TPSA) is 211 Å². The molecule has 4 aliphatic heterocycles. The van der Waals surface area contributed by atoms with Crippen LogP contribution in [-0.2, 0) is 28.6 Å². The number of anilines is 1. The molecular formula is C45H60N2O13. The van der Waals surface area contributed by atoms with Gasteiger partial charge >= 0.3 is 11.8 Å². The Labute approximate surface area is 351 Å². The smallest absolute Gasteiger partial charge is 0.312 e. The number of piperidine rings is 1. The molecule has 15 nitrogen and oxygen atoms in total. The highest BCUT2D eigenvalue weighted by Crippen LogP contribution is 2.54. The van der Waals surface area contributed by atoms with E-state index in [0.717, 1.165) is 12.8 Å². The van der Waals surface area contributed by atoms with Crippen molar-refractivity contribution in [3.05, 3.63) is 53.3 Å². The van der Waals surface area contributed by atoms with Crippen LogP contribution in [0.3, 0.4) is 0 Å². The molecule has 1 fully saturated rings. The number of amides is 2. The Morgan fingerprint density at radius 1 is 0.950 bits per heavy atom. The number of ketones is 1. The molecule has 328 valence electrons. The fourth-order valence-corrected chi connectivity index (χ4v) is 8.24. The largest absolute Gasteiger partial charge is 0.507 e. The second-order valence-electron chi connectivity index (χ2n) is 16.8. The monoisotopic (exact) mass is 836 g/mol. The summed E-state index contributed by atoms with van der Waals surface area (Å²) < 4.78 is 29.9. The van der Waals surface area contributed by atoms with Crippen LogP contribution in [0.2, 0.25) is 0 Å². The molecule has 9 unspecified atom stereocenters. The number of benzene rings is 2. The SMILES string of the molecule is COC1/C=C/OC2(C)Oc3c(C)c(O)c4c(O)c(cc(OCC(=O)N5CCC(C)CC5)c4c3C2=O)NC(=O)/C(C)=C\C=C\C(C)C(O)C(C)C(O)C(C)C(OC(C)=O)C1C. The molecule has 0 radical (unpaired) electrons. The summed E-state index contributed by atoms with van der Waals surface area (Å²) in [5.74, 6) is -7.39. The first-order valence-electron chi connectivity index (χ1n) is 20.5. The van der Waals surface area contributed by atoms with Crippen molar-refractivity contribution in [3.63, 3.8) is 0 Å². The molecule has 0 spiro atoms. The predicted octanol–water partition coefficient (Wildman–Crippen LogP) is 5.69. The number of Topliss-reactive ketones (excluding diaryl/α,β-unsaturated/α-hetero) is 1. The molecule has 4 aliphatic rings. The summed E-state index contributed by atoms with van der Waals surface area (Å²) in [6, 6.07) is 1.29. The number of carbonyl (C=O) groups excluding carboxylic acids is 4. The van der Waals surface area contributed by atoms with E-state index in [0.29, 0.717) is 19.0 Å². The molecule has 0 aromatic heterocycles. The number of phenols is 2. The van der Waals surface area contributed by atoms with Crippen LogP contribution in [0.1, 0.15) is 84.2 Å². The van der Waals surface area contributed by atoms with Crippen LogP contribution in [0.15, 0.2) is 42.2 Å².